The largest absolute Gasteiger partial charge is 1.00 e. The molecule has 0 radical (unpaired) electrons. The van der Waals surface area contributed by atoms with Crippen LogP contribution in [0, 0.1) is 0 Å². The molecule has 4 nitrogen and oxygen atoms in total. The number of nitrogens with zero attached hydrogens (tertiary/aromatic N) is 4. The number of fused-ring (bicyclic) bond motifs is 1. The molecule has 0 aliphatic carbocycles. The van der Waals surface area contributed by atoms with Crippen molar-refractivity contribution in [2.75, 3.05) is 71.5 Å². The number of hydrogen-bond acceptors (Lipinski definition) is 1. The van der Waals surface area contributed by atoms with Crippen LogP contribution in [0.1, 0.15) is 27.7 Å². The summed E-state index contributed by atoms with van der Waals surface area (Å²) in [5, 5.41) is 3.92. The van der Waals surface area contributed by atoms with Crippen molar-refractivity contribution in [1.29, 1.82) is 0 Å². The molecule has 0 unspecified atom stereocenters. The molecule has 34 heavy (non-hydrogen) atoms. The first-order valence-corrected chi connectivity index (χ1v) is 12.5. The molecule has 0 saturated carbocycles. The molecule has 0 aliphatic rings. The molecule has 0 amide bonds. The molecule has 2 aromatic carbocycles. The zero-order chi connectivity index (χ0) is 23.2. The third-order valence-electron chi connectivity index (χ3n) is 7.93. The minimum Gasteiger partial charge on any atom is -1.00 e. The van der Waals surface area contributed by atoms with Gasteiger partial charge in [-0.1, -0.05) is 48.5 Å². The van der Waals surface area contributed by atoms with Gasteiger partial charge in [-0.2, -0.15) is 0 Å². The smallest absolute Gasteiger partial charge is 0.0979 e. The Kier molecular flexibility index (Phi) is 12.9. The molecular weight excluding hydrogens is 646 g/mol. The Morgan fingerprint density at radius 1 is 0.676 bits per heavy atom. The summed E-state index contributed by atoms with van der Waals surface area (Å²) in [5.74, 6) is 0. The van der Waals surface area contributed by atoms with Gasteiger partial charge in [0.1, 0.15) is 0 Å². The highest BCUT2D eigenvalue weighted by atomic mass is 127. The van der Waals surface area contributed by atoms with E-state index in [-0.39, 0.29) is 48.0 Å². The number of quaternary nitrogens is 2. The second kappa shape index (κ2) is 14.0. The molecule has 0 bridgehead atoms. The van der Waals surface area contributed by atoms with Crippen molar-refractivity contribution >= 4 is 10.9 Å². The summed E-state index contributed by atoms with van der Waals surface area (Å²) < 4.78 is 4.66. The first-order valence-electron chi connectivity index (χ1n) is 12.5. The highest BCUT2D eigenvalue weighted by Crippen LogP contribution is 2.30. The van der Waals surface area contributed by atoms with E-state index in [0.29, 0.717) is 0 Å². The lowest BCUT2D eigenvalue weighted by molar-refractivity contribution is -0.906. The molecular formula is C28H44I2N4. The predicted octanol–water partition coefficient (Wildman–Crippen LogP) is -0.773. The third-order valence-corrected chi connectivity index (χ3v) is 7.93. The Morgan fingerprint density at radius 2 is 1.15 bits per heavy atom. The molecule has 3 aromatic rings. The van der Waals surface area contributed by atoms with Crippen LogP contribution in [-0.2, 0) is 0 Å². The van der Waals surface area contributed by atoms with Crippen LogP contribution < -0.4 is 53.0 Å². The summed E-state index contributed by atoms with van der Waals surface area (Å²) >= 11 is 0. The summed E-state index contributed by atoms with van der Waals surface area (Å²) in [6.07, 6.45) is 2.37. The molecule has 1 heterocycles. The van der Waals surface area contributed by atoms with E-state index >= 15 is 0 Å². The number of benzene rings is 2. The third kappa shape index (κ3) is 7.34. The van der Waals surface area contributed by atoms with Crippen molar-refractivity contribution in [2.24, 2.45) is 0 Å². The lowest BCUT2D eigenvalue weighted by Crippen LogP contribution is -3.00. The SMILES string of the molecule is CC[N+](C)(CC)CCN(CC[N+](C)(CC)CC)n1cc(-c2ccccc2)c2ccccc21.[I-].[I-]. The molecule has 0 aliphatic heterocycles. The van der Waals surface area contributed by atoms with Crippen LogP contribution >= 0.6 is 0 Å². The van der Waals surface area contributed by atoms with E-state index < -0.39 is 0 Å². The van der Waals surface area contributed by atoms with E-state index in [9.17, 15) is 0 Å². The summed E-state index contributed by atoms with van der Waals surface area (Å²) in [6.45, 7) is 18.4. The standard InChI is InChI=1S/C28H44N4.2HI/c1-7-31(5,8-2)22-20-29(21-23-32(6,9-3)10-4)30-24-27(25-16-12-11-13-17-25)26-18-14-15-19-28(26)30;;/h11-19,24H,7-10,20-23H2,1-6H3;2*1H/q+2;;/p-2. The molecule has 190 valence electrons. The number of para-hydroxylation sites is 1. The van der Waals surface area contributed by atoms with Gasteiger partial charge in [-0.25, -0.2) is 0 Å². The van der Waals surface area contributed by atoms with Gasteiger partial charge in [0.2, 0.25) is 0 Å². The van der Waals surface area contributed by atoms with E-state index in [0.717, 1.165) is 35.1 Å². The average molecular weight is 690 g/mol. The minimum absolute atomic E-state index is 0. The monoisotopic (exact) mass is 690 g/mol. The van der Waals surface area contributed by atoms with E-state index in [1.165, 1.54) is 48.2 Å². The van der Waals surface area contributed by atoms with Gasteiger partial charge < -0.3 is 61.9 Å². The van der Waals surface area contributed by atoms with E-state index in [1.807, 2.05) is 0 Å². The van der Waals surface area contributed by atoms with Gasteiger partial charge in [0.05, 0.1) is 72.0 Å². The number of hydrogen-bond donors (Lipinski definition) is 0. The quantitative estimate of drug-likeness (QED) is 0.179. The van der Waals surface area contributed by atoms with E-state index in [4.69, 9.17) is 0 Å². The Hall–Kier alpha value is -0.840. The summed E-state index contributed by atoms with van der Waals surface area (Å²) in [5.41, 5.74) is 3.90. The predicted molar refractivity (Wildman–Crippen MR) is 140 cm³/mol. The highest BCUT2D eigenvalue weighted by Gasteiger charge is 2.23. The van der Waals surface area contributed by atoms with Gasteiger partial charge in [-0.15, -0.1) is 0 Å². The van der Waals surface area contributed by atoms with Gasteiger partial charge in [-0.3, -0.25) is 4.68 Å². The summed E-state index contributed by atoms with van der Waals surface area (Å²) in [7, 11) is 4.78. The zero-order valence-electron chi connectivity index (χ0n) is 22.0. The van der Waals surface area contributed by atoms with Crippen molar-refractivity contribution < 1.29 is 56.9 Å². The van der Waals surface area contributed by atoms with Crippen LogP contribution in [0.3, 0.4) is 0 Å². The van der Waals surface area contributed by atoms with E-state index in [1.54, 1.807) is 0 Å². The maximum absolute atomic E-state index is 2.60. The van der Waals surface area contributed by atoms with Crippen LogP contribution in [-0.4, -0.2) is 80.1 Å². The molecule has 0 saturated heterocycles. The second-order valence-corrected chi connectivity index (χ2v) is 9.68. The lowest BCUT2D eigenvalue weighted by Gasteiger charge is -2.38. The Labute approximate surface area is 242 Å². The lowest BCUT2D eigenvalue weighted by atomic mass is 10.1. The first kappa shape index (κ1) is 31.2. The fourth-order valence-corrected chi connectivity index (χ4v) is 4.36. The maximum atomic E-state index is 2.60. The Morgan fingerprint density at radius 3 is 1.65 bits per heavy atom. The average Bonchev–Trinajstić information content (AvgIpc) is 3.24. The maximum Gasteiger partial charge on any atom is 0.0979 e. The normalized spacial score (nSPS) is 11.7. The van der Waals surface area contributed by atoms with Gasteiger partial charge in [0.15, 0.2) is 0 Å². The number of rotatable bonds is 12. The van der Waals surface area contributed by atoms with Crippen molar-refractivity contribution in [1.82, 2.24) is 4.68 Å². The van der Waals surface area contributed by atoms with Gasteiger partial charge in [0, 0.05) is 17.1 Å². The molecule has 0 fully saturated rings. The minimum atomic E-state index is 0. The number of aromatic nitrogens is 1. The van der Waals surface area contributed by atoms with Gasteiger partial charge >= 0.3 is 0 Å². The summed E-state index contributed by atoms with van der Waals surface area (Å²) in [6, 6.07) is 19.7. The topological polar surface area (TPSA) is 8.17 Å². The highest BCUT2D eigenvalue weighted by molar-refractivity contribution is 5.96. The molecule has 3 rings (SSSR count). The van der Waals surface area contributed by atoms with Crippen LogP contribution in [0.5, 0.6) is 0 Å². The fourth-order valence-electron chi connectivity index (χ4n) is 4.36. The van der Waals surface area contributed by atoms with Gasteiger partial charge in [-0.05, 0) is 39.3 Å². The van der Waals surface area contributed by atoms with Crippen molar-refractivity contribution in [3.63, 3.8) is 0 Å². The van der Waals surface area contributed by atoms with Crippen LogP contribution in [0.4, 0.5) is 0 Å². The van der Waals surface area contributed by atoms with Crippen LogP contribution in [0.25, 0.3) is 22.0 Å². The fraction of sp³-hybridized carbons (Fsp3) is 0.500. The van der Waals surface area contributed by atoms with Crippen molar-refractivity contribution in [3.05, 3.63) is 60.8 Å². The zero-order valence-corrected chi connectivity index (χ0v) is 26.3. The number of halogens is 2. The molecule has 0 spiro atoms. The van der Waals surface area contributed by atoms with Crippen LogP contribution in [0.2, 0.25) is 0 Å². The Balaban J connectivity index is 0.00000289. The number of likely N-dealkylation sites (N-methyl/N-ethyl adjacent to an activating group) is 2. The Bertz CT molecular complexity index is 956. The molecule has 6 heteroatoms. The van der Waals surface area contributed by atoms with Crippen molar-refractivity contribution in [2.45, 2.75) is 27.7 Å². The van der Waals surface area contributed by atoms with E-state index in [2.05, 4.69) is 112 Å². The molecule has 0 N–H and O–H groups in total. The van der Waals surface area contributed by atoms with Crippen LogP contribution in [0.15, 0.2) is 60.8 Å². The molecule has 1 aromatic heterocycles. The summed E-state index contributed by atoms with van der Waals surface area (Å²) in [4.78, 5) is 0. The second-order valence-electron chi connectivity index (χ2n) is 9.68. The van der Waals surface area contributed by atoms with Gasteiger partial charge in [0.25, 0.3) is 0 Å². The first-order chi connectivity index (χ1) is 15.4. The molecule has 0 atom stereocenters. The van der Waals surface area contributed by atoms with Crippen molar-refractivity contribution in [3.8, 4) is 11.1 Å².